The second-order valence-corrected chi connectivity index (χ2v) is 2.08. The maximum atomic E-state index is 12.0. The molecule has 0 radical (unpaired) electrons. The average Bonchev–Trinajstić information content (AvgIpc) is 1.96. The molecule has 1 rings (SSSR count). The summed E-state index contributed by atoms with van der Waals surface area (Å²) in [6.07, 6.45) is 0. The number of hydrogen-bond acceptors (Lipinski definition) is 2. The summed E-state index contributed by atoms with van der Waals surface area (Å²) < 4.78 is 35.9. The van der Waals surface area contributed by atoms with Crippen LogP contribution in [0.5, 0.6) is 0 Å². The van der Waals surface area contributed by atoms with Crippen LogP contribution >= 0.6 is 0 Å². The van der Waals surface area contributed by atoms with Crippen LogP contribution in [0.3, 0.4) is 0 Å². The Kier molecular flexibility index (Phi) is 13.3. The number of carboxylic acids is 1. The van der Waals surface area contributed by atoms with E-state index in [0.29, 0.717) is 6.07 Å². The van der Waals surface area contributed by atoms with Gasteiger partial charge >= 0.3 is 29.6 Å². The third-order valence-electron chi connectivity index (χ3n) is 0.882. The zero-order chi connectivity index (χ0) is 10.4. The number of halogens is 3. The monoisotopic (exact) mass is 232 g/mol. The zero-order valence-electron chi connectivity index (χ0n) is 8.17. The Morgan fingerprint density at radius 2 is 1.60 bits per heavy atom. The van der Waals surface area contributed by atoms with Crippen molar-refractivity contribution in [1.82, 2.24) is 0 Å². The predicted octanol–water partition coefficient (Wildman–Crippen LogP) is -0.978. The number of carbonyl (C=O) groups is 1. The van der Waals surface area contributed by atoms with Gasteiger partial charge in [0.2, 0.25) is 0 Å². The molecule has 0 aliphatic carbocycles. The van der Waals surface area contributed by atoms with Gasteiger partial charge in [-0.05, 0) is 12.1 Å². The second kappa shape index (κ2) is 9.97. The molecule has 0 heterocycles. The van der Waals surface area contributed by atoms with Crippen molar-refractivity contribution in [2.75, 3.05) is 0 Å². The molecule has 1 aromatic rings. The van der Waals surface area contributed by atoms with E-state index < -0.39 is 23.4 Å². The van der Waals surface area contributed by atoms with Crippen LogP contribution in [-0.4, -0.2) is 16.6 Å². The number of carboxylic acid groups (broad SMARTS) is 1. The molecule has 0 aromatic heterocycles. The van der Waals surface area contributed by atoms with Crippen LogP contribution in [0, 0.1) is 17.5 Å². The minimum atomic E-state index is -1.16. The third-order valence-corrected chi connectivity index (χ3v) is 0.882. The van der Waals surface area contributed by atoms with Gasteiger partial charge in [-0.2, -0.15) is 0 Å². The van der Waals surface area contributed by atoms with E-state index in [4.69, 9.17) is 9.90 Å². The van der Waals surface area contributed by atoms with Gasteiger partial charge in [0.1, 0.15) is 5.82 Å². The molecule has 7 heteroatoms. The van der Waals surface area contributed by atoms with Crippen molar-refractivity contribution in [2.45, 2.75) is 6.92 Å². The van der Waals surface area contributed by atoms with Crippen molar-refractivity contribution in [3.63, 3.8) is 0 Å². The predicted molar refractivity (Wildman–Crippen MR) is 41.6 cm³/mol. The van der Waals surface area contributed by atoms with Gasteiger partial charge in [-0.3, -0.25) is 4.79 Å². The largest absolute Gasteiger partial charge is 1.00 e. The van der Waals surface area contributed by atoms with Crippen molar-refractivity contribution in [1.29, 1.82) is 0 Å². The molecule has 0 saturated heterocycles. The molecule has 1 aromatic carbocycles. The van der Waals surface area contributed by atoms with Gasteiger partial charge in [-0.15, -0.1) is 0 Å². The third kappa shape index (κ3) is 11.4. The fraction of sp³-hybridized carbons (Fsp3) is 0.125. The van der Waals surface area contributed by atoms with E-state index in [1.807, 2.05) is 0 Å². The van der Waals surface area contributed by atoms with E-state index >= 15 is 0 Å². The van der Waals surface area contributed by atoms with Crippen molar-refractivity contribution in [3.05, 3.63) is 35.7 Å². The summed E-state index contributed by atoms with van der Waals surface area (Å²) in [5.41, 5.74) is 0. The Bertz CT molecular complexity index is 303. The zero-order valence-corrected chi connectivity index (χ0v) is 10.2. The Balaban J connectivity index is -0.000000213. The van der Waals surface area contributed by atoms with Crippen LogP contribution in [0.4, 0.5) is 13.2 Å². The van der Waals surface area contributed by atoms with Gasteiger partial charge in [0.25, 0.3) is 5.97 Å². The van der Waals surface area contributed by atoms with Gasteiger partial charge in [0.15, 0.2) is 11.6 Å². The second-order valence-electron chi connectivity index (χ2n) is 2.08. The Hall–Kier alpha value is -0.560. The summed E-state index contributed by atoms with van der Waals surface area (Å²) in [4.78, 5) is 9.00. The van der Waals surface area contributed by atoms with E-state index in [9.17, 15) is 13.2 Å². The van der Waals surface area contributed by atoms with Crippen LogP contribution in [0.1, 0.15) is 6.92 Å². The minimum Gasteiger partial charge on any atom is -0.870 e. The summed E-state index contributed by atoms with van der Waals surface area (Å²) in [5, 5.41) is 7.42. The molecular formula is C8H8F3NaO3. The summed E-state index contributed by atoms with van der Waals surface area (Å²) in [7, 11) is 0. The molecule has 0 saturated carbocycles. The van der Waals surface area contributed by atoms with Gasteiger partial charge in [0, 0.05) is 13.0 Å². The van der Waals surface area contributed by atoms with E-state index in [-0.39, 0.29) is 35.0 Å². The fourth-order valence-electron chi connectivity index (χ4n) is 0.470. The van der Waals surface area contributed by atoms with E-state index in [2.05, 4.69) is 0 Å². The molecule has 3 nitrogen and oxygen atoms in total. The first-order valence-electron chi connectivity index (χ1n) is 3.23. The standard InChI is InChI=1S/C6H3F3.C2H4O2.Na.H2O/c7-4-1-2-5(8)6(9)3-4;1-2(3)4;;/h1-3H;1H3,(H,3,4);;1H2/q;;+1;/p-1. The van der Waals surface area contributed by atoms with Crippen LogP contribution in [0.15, 0.2) is 18.2 Å². The number of rotatable bonds is 0. The molecule has 0 aliphatic heterocycles. The molecule has 2 N–H and O–H groups in total. The quantitative estimate of drug-likeness (QED) is 0.462. The summed E-state index contributed by atoms with van der Waals surface area (Å²) in [6.45, 7) is 1.08. The first-order valence-corrected chi connectivity index (χ1v) is 3.23. The van der Waals surface area contributed by atoms with Gasteiger partial charge in [-0.1, -0.05) is 0 Å². The van der Waals surface area contributed by atoms with Crippen molar-refractivity contribution in [3.8, 4) is 0 Å². The summed E-state index contributed by atoms with van der Waals surface area (Å²) in [6, 6.07) is 2.10. The van der Waals surface area contributed by atoms with Crippen molar-refractivity contribution in [2.24, 2.45) is 0 Å². The van der Waals surface area contributed by atoms with E-state index in [0.717, 1.165) is 19.1 Å². The first-order chi connectivity index (χ1) is 5.93. The molecule has 15 heavy (non-hydrogen) atoms. The molecule has 0 fully saturated rings. The van der Waals surface area contributed by atoms with Crippen LogP contribution in [-0.2, 0) is 4.79 Å². The number of aliphatic carboxylic acids is 1. The van der Waals surface area contributed by atoms with Gasteiger partial charge in [0.05, 0.1) is 0 Å². The molecule has 80 valence electrons. The topological polar surface area (TPSA) is 67.3 Å². The van der Waals surface area contributed by atoms with Crippen molar-refractivity contribution < 1.29 is 58.1 Å². The maximum Gasteiger partial charge on any atom is 1.00 e. The molecule has 0 unspecified atom stereocenters. The number of hydrogen-bond donors (Lipinski definition) is 1. The van der Waals surface area contributed by atoms with E-state index in [1.54, 1.807) is 0 Å². The molecule has 0 bridgehead atoms. The average molecular weight is 232 g/mol. The fourth-order valence-corrected chi connectivity index (χ4v) is 0.470. The first kappa shape index (κ1) is 19.9. The Morgan fingerprint density at radius 3 is 1.87 bits per heavy atom. The summed E-state index contributed by atoms with van der Waals surface area (Å²) in [5.74, 6) is -3.79. The molecule has 0 spiro atoms. The molecular weight excluding hydrogens is 224 g/mol. The SMILES string of the molecule is CC(=O)O.Fc1ccc(F)c(F)c1.[Na+].[OH-]. The molecule has 0 atom stereocenters. The van der Waals surface area contributed by atoms with Gasteiger partial charge < -0.3 is 10.6 Å². The van der Waals surface area contributed by atoms with Crippen LogP contribution < -0.4 is 29.6 Å². The van der Waals surface area contributed by atoms with Crippen LogP contribution in [0.25, 0.3) is 0 Å². The minimum absolute atomic E-state index is 0. The van der Waals surface area contributed by atoms with Crippen LogP contribution in [0.2, 0.25) is 0 Å². The van der Waals surface area contributed by atoms with E-state index in [1.165, 1.54) is 0 Å². The Labute approximate surface area is 107 Å². The summed E-state index contributed by atoms with van der Waals surface area (Å²) >= 11 is 0. The molecule has 0 amide bonds. The maximum absolute atomic E-state index is 12.0. The molecule has 0 aliphatic rings. The smallest absolute Gasteiger partial charge is 0.870 e. The Morgan fingerprint density at radius 1 is 1.20 bits per heavy atom. The van der Waals surface area contributed by atoms with Gasteiger partial charge in [-0.25, -0.2) is 13.2 Å². The normalized spacial score (nSPS) is 7.47. The number of benzene rings is 1. The van der Waals surface area contributed by atoms with Crippen molar-refractivity contribution >= 4 is 5.97 Å².